The molecule has 57 heavy (non-hydrogen) atoms. The highest BCUT2D eigenvalue weighted by Gasteiger charge is 2.25. The van der Waals surface area contributed by atoms with Crippen LogP contribution in [0.4, 0.5) is 8.63 Å². The van der Waals surface area contributed by atoms with E-state index in [9.17, 15) is 23.3 Å². The minimum absolute atomic E-state index is 0.0648. The summed E-state index contributed by atoms with van der Waals surface area (Å²) in [6, 6.07) is 19.7. The minimum atomic E-state index is -2.68. The van der Waals surface area contributed by atoms with Gasteiger partial charge in [0, 0.05) is 28.2 Å². The third-order valence-electron chi connectivity index (χ3n) is 9.44. The number of ether oxygens (including phenoxy) is 2. The van der Waals surface area contributed by atoms with E-state index in [4.69, 9.17) is 9.47 Å². The average molecular weight is 797 g/mol. The van der Waals surface area contributed by atoms with E-state index in [1.54, 1.807) is 54.6 Å². The zero-order chi connectivity index (χ0) is 40.6. The number of fused-ring (bicyclic) bond motifs is 1. The van der Waals surface area contributed by atoms with Crippen molar-refractivity contribution < 1.29 is 28.0 Å². The number of hydrogen-bond acceptors (Lipinski definition) is 8. The van der Waals surface area contributed by atoms with E-state index in [-0.39, 0.29) is 30.3 Å². The van der Waals surface area contributed by atoms with Crippen molar-refractivity contribution >= 4 is 53.5 Å². The van der Waals surface area contributed by atoms with Crippen molar-refractivity contribution in [3.8, 4) is 22.1 Å². The molecular formula is C42H47BF2N6O5S. The molecule has 0 fully saturated rings. The molecule has 0 bridgehead atoms. The first kappa shape index (κ1) is 41.1. The second-order valence-corrected chi connectivity index (χ2v) is 16.1. The van der Waals surface area contributed by atoms with E-state index in [1.165, 1.54) is 11.3 Å². The number of para-hydroxylation sites is 1. The summed E-state index contributed by atoms with van der Waals surface area (Å²) < 4.78 is 40.5. The van der Waals surface area contributed by atoms with E-state index >= 15 is 0 Å². The molecule has 5 N–H and O–H groups in total. The van der Waals surface area contributed by atoms with Gasteiger partial charge in [-0.1, -0.05) is 30.3 Å². The molecule has 0 spiro atoms. The highest BCUT2D eigenvalue weighted by Crippen LogP contribution is 2.30. The first-order valence-corrected chi connectivity index (χ1v) is 19.6. The number of aromatic nitrogens is 3. The molecule has 298 valence electrons. The predicted molar refractivity (Wildman–Crippen MR) is 225 cm³/mol. The van der Waals surface area contributed by atoms with Gasteiger partial charge in [0.15, 0.2) is 6.61 Å². The molecule has 2 aromatic carbocycles. The van der Waals surface area contributed by atoms with Gasteiger partial charge >= 0.3 is 13.1 Å². The topological polar surface area (TPSA) is 146 Å². The van der Waals surface area contributed by atoms with Crippen LogP contribution in [0.15, 0.2) is 106 Å². The maximum absolute atomic E-state index is 14.0. The summed E-state index contributed by atoms with van der Waals surface area (Å²) in [6.45, 7) is 8.38. The third kappa shape index (κ3) is 11.5. The Bertz CT molecular complexity index is 2320. The van der Waals surface area contributed by atoms with Crippen molar-refractivity contribution in [3.05, 3.63) is 118 Å². The lowest BCUT2D eigenvalue weighted by Gasteiger charge is -2.31. The molecule has 1 aliphatic heterocycles. The van der Waals surface area contributed by atoms with Gasteiger partial charge in [0.25, 0.3) is 5.91 Å². The lowest BCUT2D eigenvalue weighted by Crippen LogP contribution is -2.47. The Morgan fingerprint density at radius 2 is 1.77 bits per heavy atom. The molecule has 0 saturated heterocycles. The monoisotopic (exact) mass is 796 g/mol. The van der Waals surface area contributed by atoms with Crippen LogP contribution in [0.5, 0.6) is 11.5 Å². The number of carbonyl (C=O) groups excluding carboxylic acids is 1. The number of amides is 1. The van der Waals surface area contributed by atoms with Crippen molar-refractivity contribution in [2.45, 2.75) is 64.1 Å². The summed E-state index contributed by atoms with van der Waals surface area (Å²) in [4.78, 5) is 35.2. The van der Waals surface area contributed by atoms with E-state index in [0.717, 1.165) is 34.2 Å². The minimum Gasteiger partial charge on any atom is -0.489 e. The Balaban J connectivity index is 0.895. The lowest BCUT2D eigenvalue weighted by molar-refractivity contribution is -0.124. The summed E-state index contributed by atoms with van der Waals surface area (Å²) in [5.41, 5.74) is 3.20. The first-order valence-electron chi connectivity index (χ1n) is 18.7. The molecule has 1 aliphatic rings. The van der Waals surface area contributed by atoms with Crippen LogP contribution in [0.2, 0.25) is 0 Å². The molecule has 5 aromatic rings. The number of H-pyrrole nitrogens is 2. The van der Waals surface area contributed by atoms with Crippen molar-refractivity contribution in [3.63, 3.8) is 0 Å². The highest BCUT2D eigenvalue weighted by molar-refractivity contribution is 7.13. The summed E-state index contributed by atoms with van der Waals surface area (Å²) in [7, 11) is -2.68. The quantitative estimate of drug-likeness (QED) is 0.0549. The number of thiophene rings is 1. The summed E-state index contributed by atoms with van der Waals surface area (Å²) in [5.74, 6) is 0.834. The fourth-order valence-electron chi connectivity index (χ4n) is 6.48. The number of aliphatic imine (C=N–C) groups is 1. The molecule has 1 atom stereocenters. The van der Waals surface area contributed by atoms with Crippen LogP contribution in [0, 0.1) is 0 Å². The number of carbonyl (C=O) groups is 1. The molecule has 0 radical (unpaired) electrons. The van der Waals surface area contributed by atoms with Gasteiger partial charge in [-0.05, 0) is 125 Å². The van der Waals surface area contributed by atoms with Crippen LogP contribution >= 0.6 is 11.3 Å². The van der Waals surface area contributed by atoms with Gasteiger partial charge in [0.05, 0.1) is 22.6 Å². The maximum atomic E-state index is 14.0. The van der Waals surface area contributed by atoms with Crippen LogP contribution in [-0.4, -0.2) is 75.5 Å². The SMILES string of the molecule is CC(C)(CCCC(C)(C)NC(=O)COc1ccc(/C=C/C2=NC(=C\c3ccc(-c4cccs4)n3B(F)F)/C=C2)cc1)NC[C@H](O)COc1cccc2[nH]c(=O)[nH]c12. The molecule has 0 saturated carbocycles. The van der Waals surface area contributed by atoms with Gasteiger partial charge in [-0.25, -0.2) is 9.79 Å². The highest BCUT2D eigenvalue weighted by atomic mass is 32.1. The van der Waals surface area contributed by atoms with Gasteiger partial charge in [-0.2, -0.15) is 0 Å². The summed E-state index contributed by atoms with van der Waals surface area (Å²) >= 11 is 1.41. The molecule has 0 aliphatic carbocycles. The molecule has 6 rings (SSSR count). The van der Waals surface area contributed by atoms with Gasteiger partial charge in [0.2, 0.25) is 0 Å². The van der Waals surface area contributed by atoms with E-state index in [1.807, 2.05) is 61.7 Å². The predicted octanol–water partition coefficient (Wildman–Crippen LogP) is 7.48. The number of benzene rings is 2. The molecule has 15 heteroatoms. The van der Waals surface area contributed by atoms with Crippen molar-refractivity contribution in [2.75, 3.05) is 19.8 Å². The van der Waals surface area contributed by atoms with Crippen LogP contribution < -0.4 is 25.8 Å². The Morgan fingerprint density at radius 3 is 2.53 bits per heavy atom. The van der Waals surface area contributed by atoms with E-state index in [2.05, 4.69) is 39.4 Å². The van der Waals surface area contributed by atoms with E-state index < -0.39 is 19.0 Å². The number of nitrogens with one attached hydrogen (secondary N) is 4. The van der Waals surface area contributed by atoms with Crippen LogP contribution in [0.1, 0.15) is 58.2 Å². The van der Waals surface area contributed by atoms with Gasteiger partial charge in [-0.15, -0.1) is 11.3 Å². The number of aliphatic hydroxyl groups is 1. The first-order chi connectivity index (χ1) is 27.2. The van der Waals surface area contributed by atoms with Crippen LogP contribution in [-0.2, 0) is 4.79 Å². The number of halogens is 2. The van der Waals surface area contributed by atoms with Gasteiger partial charge in [0.1, 0.15) is 29.7 Å². The lowest BCUT2D eigenvalue weighted by atomic mass is 9.91. The number of hydrogen-bond donors (Lipinski definition) is 5. The molecule has 4 heterocycles. The van der Waals surface area contributed by atoms with Crippen molar-refractivity contribution in [1.82, 2.24) is 25.1 Å². The Labute approximate surface area is 334 Å². The van der Waals surface area contributed by atoms with E-state index in [0.29, 0.717) is 51.9 Å². The number of allylic oxidation sites excluding steroid dienone is 3. The molecule has 3 aromatic heterocycles. The standard InChI is InChI=1S/C42H47BF2N6O5S/c1-41(2,46-25-32(52)26-56-36-9-5-8-34-39(36)49-40(54)48-34)21-7-22-42(3,4)50-38(53)27-55-33-18-12-28(13-19-33)11-14-29-15-16-30(47-29)24-31-17-20-35(51(31)43(44)45)37-10-6-23-57-37/h5-6,8-20,23-24,32,46,52H,7,21-22,25-27H2,1-4H3,(H,50,53)(H2,48,49,54)/b14-11+,30-24-/t32-/m0/s1. The van der Waals surface area contributed by atoms with Gasteiger partial charge < -0.3 is 39.7 Å². The largest absolute Gasteiger partial charge is 0.678 e. The zero-order valence-corrected chi connectivity index (χ0v) is 33.2. The summed E-state index contributed by atoms with van der Waals surface area (Å²) in [6.07, 6.45) is 10.7. The van der Waals surface area contributed by atoms with Crippen LogP contribution in [0.25, 0.3) is 33.8 Å². The smallest absolute Gasteiger partial charge is 0.489 e. The fraction of sp³-hybridized carbons (Fsp3) is 0.310. The van der Waals surface area contributed by atoms with Crippen molar-refractivity contribution in [1.29, 1.82) is 0 Å². The number of imidazole rings is 1. The Morgan fingerprint density at radius 1 is 0.982 bits per heavy atom. The molecule has 11 nitrogen and oxygen atoms in total. The number of aliphatic hydroxyl groups excluding tert-OH is 1. The Hall–Kier alpha value is -5.51. The molecular weight excluding hydrogens is 749 g/mol. The number of nitrogens with zero attached hydrogens (tertiary/aromatic N) is 2. The third-order valence-corrected chi connectivity index (χ3v) is 10.3. The normalized spacial score (nSPS) is 14.4. The van der Waals surface area contributed by atoms with Gasteiger partial charge in [-0.3, -0.25) is 13.4 Å². The van der Waals surface area contributed by atoms with Crippen LogP contribution in [0.3, 0.4) is 0 Å². The molecule has 1 amide bonds. The zero-order valence-electron chi connectivity index (χ0n) is 32.4. The average Bonchev–Trinajstić information content (AvgIpc) is 3.99. The second kappa shape index (κ2) is 18.2. The van der Waals surface area contributed by atoms with Crippen molar-refractivity contribution in [2.24, 2.45) is 4.99 Å². The molecule has 0 unspecified atom stereocenters. The summed E-state index contributed by atoms with van der Waals surface area (Å²) in [5, 5.41) is 18.9. The number of β-amino-alcohol motifs (C(OH)–C–C–N with tert-alkyl or cyclic N) is 1. The fourth-order valence-corrected chi connectivity index (χ4v) is 7.22. The number of aromatic amines is 2. The second-order valence-electron chi connectivity index (χ2n) is 15.2. The number of rotatable bonds is 19. The maximum Gasteiger partial charge on any atom is 0.678 e. The Kier molecular flexibility index (Phi) is 13.1.